The molecule has 1 unspecified atom stereocenters. The highest BCUT2D eigenvalue weighted by atomic mass is 32.2. The van der Waals surface area contributed by atoms with Gasteiger partial charge in [-0.25, -0.2) is 0 Å². The third-order valence-electron chi connectivity index (χ3n) is 3.03. The zero-order chi connectivity index (χ0) is 11.0. The first kappa shape index (κ1) is 10.2. The van der Waals surface area contributed by atoms with E-state index in [-0.39, 0.29) is 0 Å². The van der Waals surface area contributed by atoms with Gasteiger partial charge < -0.3 is 5.32 Å². The van der Waals surface area contributed by atoms with Crippen molar-refractivity contribution in [3.8, 4) is 0 Å². The Morgan fingerprint density at radius 3 is 3.12 bits per heavy atom. The molecule has 0 bridgehead atoms. The number of rotatable bonds is 3. The van der Waals surface area contributed by atoms with Crippen LogP contribution in [0.4, 0.5) is 5.69 Å². The van der Waals surface area contributed by atoms with Crippen molar-refractivity contribution in [2.75, 3.05) is 11.9 Å². The van der Waals surface area contributed by atoms with Gasteiger partial charge >= 0.3 is 0 Å². The molecular weight excluding hydrogens is 220 g/mol. The Morgan fingerprint density at radius 1 is 1.56 bits per heavy atom. The van der Waals surface area contributed by atoms with Crippen LogP contribution in [0.5, 0.6) is 0 Å². The summed E-state index contributed by atoms with van der Waals surface area (Å²) in [6, 6.07) is 0. The van der Waals surface area contributed by atoms with Crippen molar-refractivity contribution in [3.05, 3.63) is 12.4 Å². The zero-order valence-electron chi connectivity index (χ0n) is 9.39. The lowest BCUT2D eigenvalue weighted by atomic mass is 10.3. The van der Waals surface area contributed by atoms with E-state index in [0.717, 1.165) is 35.1 Å². The number of hydrogen-bond acceptors (Lipinski definition) is 4. The predicted molar refractivity (Wildman–Crippen MR) is 67.9 cm³/mol. The van der Waals surface area contributed by atoms with Crippen LogP contribution in [0.25, 0.3) is 0 Å². The van der Waals surface area contributed by atoms with Crippen LogP contribution in [0.1, 0.15) is 19.8 Å². The molecule has 0 amide bonds. The smallest absolute Gasteiger partial charge is 0.161 e. The van der Waals surface area contributed by atoms with Gasteiger partial charge in [0.15, 0.2) is 5.17 Å². The molecule has 1 aromatic rings. The first-order valence-electron chi connectivity index (χ1n) is 5.85. The Hall–Kier alpha value is -0.970. The van der Waals surface area contributed by atoms with Crippen LogP contribution in [0, 0.1) is 5.92 Å². The van der Waals surface area contributed by atoms with Crippen molar-refractivity contribution < 1.29 is 0 Å². The van der Waals surface area contributed by atoms with E-state index in [2.05, 4.69) is 22.3 Å². The fraction of sp³-hybridized carbons (Fsp3) is 0.636. The number of nitrogens with one attached hydrogen (secondary N) is 1. The van der Waals surface area contributed by atoms with Crippen molar-refractivity contribution in [3.63, 3.8) is 0 Å². The molecule has 1 saturated carbocycles. The second-order valence-electron chi connectivity index (χ2n) is 4.35. The molecular formula is C11H16N4S. The molecule has 0 spiro atoms. The van der Waals surface area contributed by atoms with Gasteiger partial charge in [-0.15, -0.1) is 0 Å². The summed E-state index contributed by atoms with van der Waals surface area (Å²) in [7, 11) is 0. The number of amidine groups is 1. The summed E-state index contributed by atoms with van der Waals surface area (Å²) in [5.74, 6) is 0.923. The topological polar surface area (TPSA) is 42.2 Å². The van der Waals surface area contributed by atoms with E-state index in [1.807, 2.05) is 28.8 Å². The Balaban J connectivity index is 1.58. The number of aryl methyl sites for hydroxylation is 1. The monoisotopic (exact) mass is 236 g/mol. The Morgan fingerprint density at radius 2 is 2.44 bits per heavy atom. The summed E-state index contributed by atoms with van der Waals surface area (Å²) in [4.78, 5) is 4.54. The highest BCUT2D eigenvalue weighted by Gasteiger charge is 2.35. The number of aliphatic imine (C=N–C) groups is 1. The highest BCUT2D eigenvalue weighted by Crippen LogP contribution is 2.41. The summed E-state index contributed by atoms with van der Waals surface area (Å²) in [6.07, 6.45) is 6.67. The molecule has 1 aromatic heterocycles. The summed E-state index contributed by atoms with van der Waals surface area (Å²) in [5, 5.41) is 9.36. The van der Waals surface area contributed by atoms with Crippen molar-refractivity contribution in [1.29, 1.82) is 0 Å². The molecule has 2 aliphatic rings. The second-order valence-corrected chi connectivity index (χ2v) is 5.58. The number of thioether (sulfide) groups is 1. The fourth-order valence-electron chi connectivity index (χ4n) is 1.90. The standard InChI is InChI=1S/C11H16N4S/c1-2-15-7-9(5-13-15)14-11-12-6-10(16-11)8-3-4-8/h5,7-8,10H,2-4,6H2,1H3,(H,12,14). The molecule has 3 rings (SSSR count). The molecule has 0 aromatic carbocycles. The summed E-state index contributed by atoms with van der Waals surface area (Å²) < 4.78 is 1.92. The van der Waals surface area contributed by atoms with Crippen LogP contribution in [-0.2, 0) is 6.54 Å². The third kappa shape index (κ3) is 2.09. The largest absolute Gasteiger partial charge is 0.332 e. The maximum atomic E-state index is 4.54. The van der Waals surface area contributed by atoms with Crippen LogP contribution in [-0.4, -0.2) is 26.7 Å². The Kier molecular flexibility index (Phi) is 2.63. The zero-order valence-corrected chi connectivity index (χ0v) is 10.2. The number of anilines is 1. The molecule has 1 N–H and O–H groups in total. The average Bonchev–Trinajstić information content (AvgIpc) is 2.88. The lowest BCUT2D eigenvalue weighted by molar-refractivity contribution is 0.660. The first-order valence-corrected chi connectivity index (χ1v) is 6.73. The van der Waals surface area contributed by atoms with E-state index < -0.39 is 0 Å². The van der Waals surface area contributed by atoms with Gasteiger partial charge in [0.1, 0.15) is 0 Å². The third-order valence-corrected chi connectivity index (χ3v) is 4.33. The van der Waals surface area contributed by atoms with E-state index in [1.54, 1.807) is 0 Å². The summed E-state index contributed by atoms with van der Waals surface area (Å²) in [5.41, 5.74) is 1.05. The van der Waals surface area contributed by atoms with Crippen molar-refractivity contribution in [2.45, 2.75) is 31.6 Å². The minimum absolute atomic E-state index is 0.726. The Bertz CT molecular complexity index is 408. The van der Waals surface area contributed by atoms with Gasteiger partial charge in [-0.1, -0.05) is 11.8 Å². The average molecular weight is 236 g/mol. The van der Waals surface area contributed by atoms with Crippen molar-refractivity contribution >= 4 is 22.6 Å². The van der Waals surface area contributed by atoms with Gasteiger partial charge in [-0.05, 0) is 25.7 Å². The van der Waals surface area contributed by atoms with Crippen LogP contribution < -0.4 is 5.32 Å². The second kappa shape index (κ2) is 4.13. The predicted octanol–water partition coefficient (Wildman–Crippen LogP) is 2.20. The van der Waals surface area contributed by atoms with Crippen LogP contribution >= 0.6 is 11.8 Å². The fourth-order valence-corrected chi connectivity index (χ4v) is 3.12. The molecule has 2 heterocycles. The van der Waals surface area contributed by atoms with E-state index in [9.17, 15) is 0 Å². The first-order chi connectivity index (χ1) is 7.85. The number of aromatic nitrogens is 2. The molecule has 1 aliphatic heterocycles. The summed E-state index contributed by atoms with van der Waals surface area (Å²) in [6.45, 7) is 3.98. The van der Waals surface area contributed by atoms with E-state index in [0.29, 0.717) is 0 Å². The lowest BCUT2D eigenvalue weighted by Gasteiger charge is -2.05. The minimum atomic E-state index is 0.726. The number of nitrogens with zero attached hydrogens (tertiary/aromatic N) is 3. The molecule has 1 atom stereocenters. The van der Waals surface area contributed by atoms with Gasteiger partial charge in [-0.3, -0.25) is 9.67 Å². The maximum Gasteiger partial charge on any atom is 0.161 e. The molecule has 1 aliphatic carbocycles. The molecule has 4 nitrogen and oxygen atoms in total. The molecule has 1 fully saturated rings. The normalized spacial score (nSPS) is 24.6. The SMILES string of the molecule is CCn1cc(NC2=NCC(C3CC3)S2)cn1. The molecule has 0 radical (unpaired) electrons. The van der Waals surface area contributed by atoms with Gasteiger partial charge in [0.25, 0.3) is 0 Å². The molecule has 16 heavy (non-hydrogen) atoms. The van der Waals surface area contributed by atoms with Gasteiger partial charge in [0, 0.05) is 18.0 Å². The quantitative estimate of drug-likeness (QED) is 0.874. The van der Waals surface area contributed by atoms with Crippen molar-refractivity contribution in [2.24, 2.45) is 10.9 Å². The molecule has 0 saturated heterocycles. The van der Waals surface area contributed by atoms with E-state index in [1.165, 1.54) is 12.8 Å². The lowest BCUT2D eigenvalue weighted by Crippen LogP contribution is -2.08. The minimum Gasteiger partial charge on any atom is -0.332 e. The number of hydrogen-bond donors (Lipinski definition) is 1. The van der Waals surface area contributed by atoms with Gasteiger partial charge in [0.2, 0.25) is 0 Å². The van der Waals surface area contributed by atoms with Crippen molar-refractivity contribution in [1.82, 2.24) is 9.78 Å². The van der Waals surface area contributed by atoms with Crippen LogP contribution in [0.3, 0.4) is 0 Å². The van der Waals surface area contributed by atoms with E-state index >= 15 is 0 Å². The highest BCUT2D eigenvalue weighted by molar-refractivity contribution is 8.15. The molecule has 5 heteroatoms. The maximum absolute atomic E-state index is 4.54. The van der Waals surface area contributed by atoms with Gasteiger partial charge in [-0.2, -0.15) is 5.10 Å². The van der Waals surface area contributed by atoms with E-state index in [4.69, 9.17) is 0 Å². The Labute approximate surface area is 99.5 Å². The van der Waals surface area contributed by atoms with Crippen LogP contribution in [0.15, 0.2) is 17.4 Å². The summed E-state index contributed by atoms with van der Waals surface area (Å²) >= 11 is 1.89. The van der Waals surface area contributed by atoms with Gasteiger partial charge in [0.05, 0.1) is 18.4 Å². The van der Waals surface area contributed by atoms with Crippen LogP contribution in [0.2, 0.25) is 0 Å². The molecule has 86 valence electrons.